The molecule has 2 rings (SSSR count). The highest BCUT2D eigenvalue weighted by molar-refractivity contribution is 8.01. The van der Waals surface area contributed by atoms with Gasteiger partial charge in [-0.25, -0.2) is 4.98 Å². The first-order chi connectivity index (χ1) is 8.58. The number of benzene rings is 1. The molecule has 0 spiro atoms. The minimum Gasteiger partial charge on any atom is -0.299 e. The third kappa shape index (κ3) is 3.13. The van der Waals surface area contributed by atoms with E-state index in [1.165, 1.54) is 11.8 Å². The average molecular weight is 298 g/mol. The van der Waals surface area contributed by atoms with Crippen molar-refractivity contribution in [3.05, 3.63) is 34.3 Å². The molecule has 0 unspecified atom stereocenters. The summed E-state index contributed by atoms with van der Waals surface area (Å²) < 4.78 is 1.04. The predicted octanol–water partition coefficient (Wildman–Crippen LogP) is 4.45. The van der Waals surface area contributed by atoms with Crippen molar-refractivity contribution in [1.29, 1.82) is 0 Å². The molecule has 0 aliphatic carbocycles. The van der Waals surface area contributed by atoms with E-state index in [1.54, 1.807) is 23.8 Å². The van der Waals surface area contributed by atoms with Crippen LogP contribution in [-0.2, 0) is 4.79 Å². The van der Waals surface area contributed by atoms with Gasteiger partial charge in [0.05, 0.1) is 26.2 Å². The van der Waals surface area contributed by atoms with Gasteiger partial charge < -0.3 is 0 Å². The van der Waals surface area contributed by atoms with E-state index >= 15 is 0 Å². The maximum absolute atomic E-state index is 11.0. The number of aryl methyl sites for hydroxylation is 1. The summed E-state index contributed by atoms with van der Waals surface area (Å²) in [6.07, 6.45) is 0. The molecule has 94 valence electrons. The van der Waals surface area contributed by atoms with E-state index in [0.29, 0.717) is 10.8 Å². The highest BCUT2D eigenvalue weighted by Crippen LogP contribution is 2.37. The number of hydrogen-bond acceptors (Lipinski definition) is 4. The van der Waals surface area contributed by atoms with Crippen molar-refractivity contribution in [2.45, 2.75) is 18.1 Å². The molecule has 2 aromatic rings. The van der Waals surface area contributed by atoms with Crippen LogP contribution in [0.25, 0.3) is 11.3 Å². The predicted molar refractivity (Wildman–Crippen MR) is 78.7 cm³/mol. The molecule has 5 heteroatoms. The number of aromatic nitrogens is 1. The number of ketones is 1. The molecule has 0 radical (unpaired) electrons. The third-order valence-corrected chi connectivity index (χ3v) is 4.90. The van der Waals surface area contributed by atoms with Crippen LogP contribution < -0.4 is 0 Å². The molecule has 0 aliphatic rings. The van der Waals surface area contributed by atoms with Gasteiger partial charge in [0.1, 0.15) is 5.78 Å². The summed E-state index contributed by atoms with van der Waals surface area (Å²) in [7, 11) is 0. The second-order valence-corrected chi connectivity index (χ2v) is 6.47. The van der Waals surface area contributed by atoms with Gasteiger partial charge in [0.25, 0.3) is 0 Å². The van der Waals surface area contributed by atoms with Crippen LogP contribution in [-0.4, -0.2) is 16.5 Å². The van der Waals surface area contributed by atoms with Crippen LogP contribution in [0.5, 0.6) is 0 Å². The van der Waals surface area contributed by atoms with Gasteiger partial charge in [-0.3, -0.25) is 4.79 Å². The van der Waals surface area contributed by atoms with E-state index < -0.39 is 0 Å². The molecule has 0 bridgehead atoms. The van der Waals surface area contributed by atoms with Crippen LogP contribution in [0.15, 0.2) is 27.9 Å². The molecule has 18 heavy (non-hydrogen) atoms. The molecule has 0 N–H and O–H groups in total. The Labute approximate surface area is 119 Å². The zero-order valence-corrected chi connectivity index (χ0v) is 12.5. The molecule has 0 atom stereocenters. The molecule has 2 nitrogen and oxygen atoms in total. The highest BCUT2D eigenvalue weighted by atomic mass is 35.5. The molecule has 1 heterocycles. The van der Waals surface area contributed by atoms with Crippen molar-refractivity contribution in [2.24, 2.45) is 0 Å². The van der Waals surface area contributed by atoms with Gasteiger partial charge >= 0.3 is 0 Å². The van der Waals surface area contributed by atoms with Gasteiger partial charge in [-0.05, 0) is 25.5 Å². The lowest BCUT2D eigenvalue weighted by Crippen LogP contribution is -1.92. The Balaban J connectivity index is 2.33. The van der Waals surface area contributed by atoms with Crippen LogP contribution in [0.4, 0.5) is 0 Å². The molecule has 0 saturated carbocycles. The minimum absolute atomic E-state index is 0.161. The van der Waals surface area contributed by atoms with Gasteiger partial charge in [0.2, 0.25) is 0 Å². The summed E-state index contributed by atoms with van der Waals surface area (Å²) in [4.78, 5) is 15.4. The van der Waals surface area contributed by atoms with Gasteiger partial charge in [0, 0.05) is 5.56 Å². The number of Topliss-reactive ketones (excluding diaryl/α,β-unsaturated/α-hetero) is 1. The number of halogens is 1. The lowest BCUT2D eigenvalue weighted by molar-refractivity contribution is -0.114. The SMILES string of the molecule is CC(=O)CSc1scnc1-c1ccc(C)cc1Cl. The Bertz CT molecular complexity index is 580. The molecular formula is C13H12ClNOS2. The number of nitrogens with zero attached hydrogens (tertiary/aromatic N) is 1. The van der Waals surface area contributed by atoms with Crippen LogP contribution in [0, 0.1) is 6.92 Å². The number of thioether (sulfide) groups is 1. The maximum atomic E-state index is 11.0. The smallest absolute Gasteiger partial charge is 0.140 e. The zero-order chi connectivity index (χ0) is 13.1. The summed E-state index contributed by atoms with van der Waals surface area (Å²) in [6.45, 7) is 3.59. The lowest BCUT2D eigenvalue weighted by atomic mass is 10.1. The Kier molecular flexibility index (Phi) is 4.43. The quantitative estimate of drug-likeness (QED) is 0.781. The fraction of sp³-hybridized carbons (Fsp3) is 0.231. The lowest BCUT2D eigenvalue weighted by Gasteiger charge is -2.05. The number of carbonyl (C=O) groups excluding carboxylic acids is 1. The topological polar surface area (TPSA) is 30.0 Å². The zero-order valence-electron chi connectivity index (χ0n) is 10.1. The number of rotatable bonds is 4. The van der Waals surface area contributed by atoms with Crippen LogP contribution >= 0.6 is 34.7 Å². The average Bonchev–Trinajstić information content (AvgIpc) is 2.74. The first-order valence-corrected chi connectivity index (χ1v) is 7.64. The molecule has 0 aliphatic heterocycles. The molecule has 0 fully saturated rings. The Morgan fingerprint density at radius 2 is 2.28 bits per heavy atom. The first-order valence-electron chi connectivity index (χ1n) is 5.40. The maximum Gasteiger partial charge on any atom is 0.140 e. The monoisotopic (exact) mass is 297 g/mol. The van der Waals surface area contributed by atoms with Gasteiger partial charge in [-0.2, -0.15) is 0 Å². The normalized spacial score (nSPS) is 10.6. The molecule has 0 saturated heterocycles. The Morgan fingerprint density at radius 1 is 1.50 bits per heavy atom. The largest absolute Gasteiger partial charge is 0.299 e. The summed E-state index contributed by atoms with van der Waals surface area (Å²) in [5.41, 5.74) is 4.70. The first kappa shape index (κ1) is 13.6. The fourth-order valence-electron chi connectivity index (χ4n) is 1.50. The van der Waals surface area contributed by atoms with Crippen molar-refractivity contribution >= 4 is 40.5 Å². The van der Waals surface area contributed by atoms with Crippen molar-refractivity contribution in [3.63, 3.8) is 0 Å². The number of carbonyl (C=O) groups is 1. The Morgan fingerprint density at radius 3 is 2.94 bits per heavy atom. The summed E-state index contributed by atoms with van der Waals surface area (Å²) in [5, 5.41) is 0.700. The summed E-state index contributed by atoms with van der Waals surface area (Å²) in [5.74, 6) is 0.632. The van der Waals surface area contributed by atoms with Crippen LogP contribution in [0.3, 0.4) is 0 Å². The van der Waals surface area contributed by atoms with Crippen molar-refractivity contribution in [2.75, 3.05) is 5.75 Å². The van der Waals surface area contributed by atoms with Crippen molar-refractivity contribution in [1.82, 2.24) is 4.98 Å². The second-order valence-electron chi connectivity index (χ2n) is 3.96. The third-order valence-electron chi connectivity index (χ3n) is 2.32. The van der Waals surface area contributed by atoms with E-state index in [9.17, 15) is 4.79 Å². The summed E-state index contributed by atoms with van der Waals surface area (Å²) in [6, 6.07) is 5.92. The number of hydrogen-bond donors (Lipinski definition) is 0. The van der Waals surface area contributed by atoms with E-state index in [4.69, 9.17) is 11.6 Å². The fourth-order valence-corrected chi connectivity index (χ4v) is 3.56. The van der Waals surface area contributed by atoms with Crippen LogP contribution in [0.1, 0.15) is 12.5 Å². The molecule has 0 amide bonds. The van der Waals surface area contributed by atoms with Gasteiger partial charge in [-0.15, -0.1) is 23.1 Å². The van der Waals surface area contributed by atoms with E-state index in [0.717, 1.165) is 21.0 Å². The summed E-state index contributed by atoms with van der Waals surface area (Å²) >= 11 is 9.30. The van der Waals surface area contributed by atoms with E-state index in [-0.39, 0.29) is 5.78 Å². The standard InChI is InChI=1S/C13H12ClNOS2/c1-8-3-4-10(11(14)5-8)12-13(18-7-15-12)17-6-9(2)16/h3-5,7H,6H2,1-2H3. The van der Waals surface area contributed by atoms with Gasteiger partial charge in [0.15, 0.2) is 0 Å². The Hall–Kier alpha value is -0.840. The van der Waals surface area contributed by atoms with Crippen molar-refractivity contribution in [3.8, 4) is 11.3 Å². The van der Waals surface area contributed by atoms with E-state index in [1.807, 2.05) is 25.1 Å². The van der Waals surface area contributed by atoms with E-state index in [2.05, 4.69) is 4.98 Å². The van der Waals surface area contributed by atoms with Crippen LogP contribution in [0.2, 0.25) is 5.02 Å². The highest BCUT2D eigenvalue weighted by Gasteiger charge is 2.13. The minimum atomic E-state index is 0.161. The molecular weight excluding hydrogens is 286 g/mol. The molecule has 1 aromatic heterocycles. The van der Waals surface area contributed by atoms with Crippen molar-refractivity contribution < 1.29 is 4.79 Å². The molecule has 1 aromatic carbocycles. The second kappa shape index (κ2) is 5.87. The van der Waals surface area contributed by atoms with Gasteiger partial charge in [-0.1, -0.05) is 23.7 Å². The number of thiazole rings is 1.